The summed E-state index contributed by atoms with van der Waals surface area (Å²) < 4.78 is 0.887. The highest BCUT2D eigenvalue weighted by Crippen LogP contribution is 2.27. The van der Waals surface area contributed by atoms with Gasteiger partial charge in [-0.25, -0.2) is 0 Å². The Morgan fingerprint density at radius 1 is 1.41 bits per heavy atom. The second-order valence-corrected chi connectivity index (χ2v) is 4.84. The van der Waals surface area contributed by atoms with E-state index in [1.807, 2.05) is 18.2 Å². The average Bonchev–Trinajstić information content (AvgIpc) is 2.29. The number of halogens is 1. The number of nitrogens with two attached hydrogens (primary N) is 1. The number of nitrogens with one attached hydrogen (secondary N) is 1. The Labute approximate surface area is 112 Å². The van der Waals surface area contributed by atoms with Gasteiger partial charge in [0.25, 0.3) is 0 Å². The molecule has 3 N–H and O–H groups in total. The summed E-state index contributed by atoms with van der Waals surface area (Å²) >= 11 is 3.47. The van der Waals surface area contributed by atoms with Crippen LogP contribution in [0.1, 0.15) is 32.3 Å². The van der Waals surface area contributed by atoms with Crippen molar-refractivity contribution in [2.24, 2.45) is 5.73 Å². The van der Waals surface area contributed by atoms with Crippen LogP contribution in [0.4, 0.5) is 5.69 Å². The van der Waals surface area contributed by atoms with Gasteiger partial charge in [0, 0.05) is 23.2 Å². The first-order valence-corrected chi connectivity index (χ1v) is 6.78. The third-order valence-corrected chi connectivity index (χ3v) is 3.43. The first-order valence-electron chi connectivity index (χ1n) is 5.99. The molecule has 1 aromatic rings. The Morgan fingerprint density at radius 2 is 2.12 bits per heavy atom. The van der Waals surface area contributed by atoms with E-state index in [1.54, 1.807) is 0 Å². The van der Waals surface area contributed by atoms with Crippen LogP contribution in [0.3, 0.4) is 0 Å². The van der Waals surface area contributed by atoms with E-state index in [1.165, 1.54) is 6.42 Å². The number of hydrogen-bond donors (Lipinski definition) is 2. The molecule has 1 aromatic carbocycles. The molecule has 1 rings (SSSR count). The van der Waals surface area contributed by atoms with E-state index < -0.39 is 0 Å². The number of amidine groups is 1. The Balaban J connectivity index is 3.09. The molecule has 0 spiro atoms. The lowest BCUT2D eigenvalue weighted by Crippen LogP contribution is -2.27. The third-order valence-electron chi connectivity index (χ3n) is 2.76. The first-order chi connectivity index (χ1) is 8.11. The fourth-order valence-electron chi connectivity index (χ4n) is 1.84. The number of rotatable bonds is 6. The molecular weight excluding hydrogens is 278 g/mol. The van der Waals surface area contributed by atoms with Crippen molar-refractivity contribution < 1.29 is 0 Å². The van der Waals surface area contributed by atoms with Gasteiger partial charge in [-0.1, -0.05) is 19.4 Å². The second kappa shape index (κ2) is 6.64. The molecule has 0 amide bonds. The highest BCUT2D eigenvalue weighted by Gasteiger charge is 2.14. The number of nitrogens with zero attached hydrogens (tertiary/aromatic N) is 1. The highest BCUT2D eigenvalue weighted by atomic mass is 79.9. The SMILES string of the molecule is CCCCN(CC)c1cccc(Br)c1C(=N)N. The molecule has 17 heavy (non-hydrogen) atoms. The molecule has 0 aromatic heterocycles. The largest absolute Gasteiger partial charge is 0.384 e. The molecule has 94 valence electrons. The van der Waals surface area contributed by atoms with Gasteiger partial charge in [0.2, 0.25) is 0 Å². The molecule has 0 aliphatic rings. The summed E-state index contributed by atoms with van der Waals surface area (Å²) in [6.07, 6.45) is 2.32. The molecule has 0 fully saturated rings. The van der Waals surface area contributed by atoms with Gasteiger partial charge in [-0.3, -0.25) is 5.41 Å². The monoisotopic (exact) mass is 297 g/mol. The third kappa shape index (κ3) is 3.46. The van der Waals surface area contributed by atoms with Crippen molar-refractivity contribution in [3.63, 3.8) is 0 Å². The topological polar surface area (TPSA) is 53.1 Å². The Kier molecular flexibility index (Phi) is 5.48. The van der Waals surface area contributed by atoms with E-state index in [-0.39, 0.29) is 5.84 Å². The zero-order valence-electron chi connectivity index (χ0n) is 10.5. The second-order valence-electron chi connectivity index (χ2n) is 3.98. The van der Waals surface area contributed by atoms with Crippen LogP contribution in [-0.4, -0.2) is 18.9 Å². The lowest BCUT2D eigenvalue weighted by atomic mass is 10.1. The molecule has 0 bridgehead atoms. The van der Waals surface area contributed by atoms with Crippen LogP contribution >= 0.6 is 15.9 Å². The van der Waals surface area contributed by atoms with Gasteiger partial charge in [-0.2, -0.15) is 0 Å². The lowest BCUT2D eigenvalue weighted by molar-refractivity contribution is 0.731. The Morgan fingerprint density at radius 3 is 2.65 bits per heavy atom. The summed E-state index contributed by atoms with van der Waals surface area (Å²) in [7, 11) is 0. The smallest absolute Gasteiger partial charge is 0.126 e. The maximum absolute atomic E-state index is 7.68. The molecule has 0 atom stereocenters. The molecule has 0 saturated heterocycles. The van der Waals surface area contributed by atoms with Gasteiger partial charge in [0.05, 0.1) is 5.56 Å². The van der Waals surface area contributed by atoms with Gasteiger partial charge < -0.3 is 10.6 Å². The van der Waals surface area contributed by atoms with Gasteiger partial charge in [0.1, 0.15) is 5.84 Å². The van der Waals surface area contributed by atoms with Crippen molar-refractivity contribution in [3.8, 4) is 0 Å². The van der Waals surface area contributed by atoms with E-state index in [2.05, 4.69) is 34.7 Å². The maximum atomic E-state index is 7.68. The average molecular weight is 298 g/mol. The standard InChI is InChI=1S/C13H20BrN3/c1-3-5-9-17(4-2)11-8-6-7-10(14)12(11)13(15)16/h6-8H,3-5,9H2,1-2H3,(H3,15,16). The normalized spacial score (nSPS) is 10.3. The van der Waals surface area contributed by atoms with E-state index in [9.17, 15) is 0 Å². The summed E-state index contributed by atoms with van der Waals surface area (Å²) in [6, 6.07) is 5.94. The molecule has 0 heterocycles. The summed E-state index contributed by atoms with van der Waals surface area (Å²) in [4.78, 5) is 2.27. The van der Waals surface area contributed by atoms with Crippen molar-refractivity contribution in [1.29, 1.82) is 5.41 Å². The molecule has 0 aliphatic carbocycles. The van der Waals surface area contributed by atoms with E-state index in [0.717, 1.165) is 35.2 Å². The highest BCUT2D eigenvalue weighted by molar-refractivity contribution is 9.10. The molecule has 0 unspecified atom stereocenters. The van der Waals surface area contributed by atoms with Crippen LogP contribution in [0.2, 0.25) is 0 Å². The Hall–Kier alpha value is -1.03. The van der Waals surface area contributed by atoms with Gasteiger partial charge >= 0.3 is 0 Å². The number of anilines is 1. The van der Waals surface area contributed by atoms with Crippen LogP contribution in [0, 0.1) is 5.41 Å². The van der Waals surface area contributed by atoms with Gasteiger partial charge in [0.15, 0.2) is 0 Å². The predicted octanol–water partition coefficient (Wildman–Crippen LogP) is 3.36. The van der Waals surface area contributed by atoms with Gasteiger partial charge in [-0.15, -0.1) is 0 Å². The van der Waals surface area contributed by atoms with E-state index >= 15 is 0 Å². The number of benzene rings is 1. The molecule has 0 saturated carbocycles. The summed E-state index contributed by atoms with van der Waals surface area (Å²) in [5.74, 6) is 0.113. The van der Waals surface area contributed by atoms with Crippen LogP contribution < -0.4 is 10.6 Å². The van der Waals surface area contributed by atoms with Crippen LogP contribution in [0.25, 0.3) is 0 Å². The maximum Gasteiger partial charge on any atom is 0.126 e. The van der Waals surface area contributed by atoms with Crippen molar-refractivity contribution in [3.05, 3.63) is 28.2 Å². The Bertz CT molecular complexity index is 390. The number of nitrogen functional groups attached to an aromatic ring is 1. The van der Waals surface area contributed by atoms with Crippen molar-refractivity contribution in [1.82, 2.24) is 0 Å². The van der Waals surface area contributed by atoms with Crippen LogP contribution in [-0.2, 0) is 0 Å². The molecule has 4 heteroatoms. The predicted molar refractivity (Wildman–Crippen MR) is 78.0 cm³/mol. The van der Waals surface area contributed by atoms with Crippen molar-refractivity contribution in [2.75, 3.05) is 18.0 Å². The molecule has 0 radical (unpaired) electrons. The van der Waals surface area contributed by atoms with Crippen LogP contribution in [0.5, 0.6) is 0 Å². The lowest BCUT2D eigenvalue weighted by Gasteiger charge is -2.25. The zero-order chi connectivity index (χ0) is 12.8. The fraction of sp³-hybridized carbons (Fsp3) is 0.462. The molecule has 0 aliphatic heterocycles. The number of unbranched alkanes of at least 4 members (excludes halogenated alkanes) is 1. The van der Waals surface area contributed by atoms with Gasteiger partial charge in [-0.05, 0) is 41.4 Å². The number of hydrogen-bond acceptors (Lipinski definition) is 2. The van der Waals surface area contributed by atoms with Crippen LogP contribution in [0.15, 0.2) is 22.7 Å². The summed E-state index contributed by atoms with van der Waals surface area (Å²) in [5, 5.41) is 7.68. The van der Waals surface area contributed by atoms with Crippen molar-refractivity contribution in [2.45, 2.75) is 26.7 Å². The summed E-state index contributed by atoms with van der Waals surface area (Å²) in [5.41, 5.74) is 7.50. The minimum atomic E-state index is 0.113. The molecule has 3 nitrogen and oxygen atoms in total. The zero-order valence-corrected chi connectivity index (χ0v) is 12.0. The minimum absolute atomic E-state index is 0.113. The molecular formula is C13H20BrN3. The quantitative estimate of drug-likeness (QED) is 0.625. The van der Waals surface area contributed by atoms with E-state index in [0.29, 0.717) is 0 Å². The minimum Gasteiger partial charge on any atom is -0.384 e. The van der Waals surface area contributed by atoms with E-state index in [4.69, 9.17) is 11.1 Å². The first kappa shape index (κ1) is 14.0. The summed E-state index contributed by atoms with van der Waals surface area (Å²) in [6.45, 7) is 6.24. The van der Waals surface area contributed by atoms with Crippen molar-refractivity contribution >= 4 is 27.5 Å². The fourth-order valence-corrected chi connectivity index (χ4v) is 2.41.